The Hall–Kier alpha value is -1.23. The Morgan fingerprint density at radius 3 is 2.75 bits per heavy atom. The maximum atomic E-state index is 11.8. The Morgan fingerprint density at radius 2 is 2.06 bits per heavy atom. The summed E-state index contributed by atoms with van der Waals surface area (Å²) in [6.07, 6.45) is 0. The zero-order chi connectivity index (χ0) is 11.8. The average Bonchev–Trinajstić information content (AvgIpc) is 2.58. The molecule has 2 heterocycles. The maximum Gasteiger partial charge on any atom is 0.352 e. The van der Waals surface area contributed by atoms with Gasteiger partial charge in [-0.25, -0.2) is 4.79 Å². The average molecular weight is 242 g/mol. The van der Waals surface area contributed by atoms with Crippen LogP contribution in [0.1, 0.15) is 30.4 Å². The summed E-state index contributed by atoms with van der Waals surface area (Å²) in [5.41, 5.74) is -0.497. The van der Waals surface area contributed by atoms with Crippen LogP contribution in [0.3, 0.4) is 0 Å². The van der Waals surface area contributed by atoms with E-state index in [1.54, 1.807) is 5.38 Å². The molecule has 0 N–H and O–H groups in total. The highest BCUT2D eigenvalue weighted by Crippen LogP contribution is 2.40. The molecule has 1 aromatic rings. The van der Waals surface area contributed by atoms with Gasteiger partial charge in [0.05, 0.1) is 0 Å². The number of hydrogen-bond acceptors (Lipinski definition) is 5. The quantitative estimate of drug-likeness (QED) is 0.710. The summed E-state index contributed by atoms with van der Waals surface area (Å²) >= 11 is 1.29. The molecule has 0 radical (unpaired) electrons. The molecular weight excluding hydrogens is 228 g/mol. The molecule has 16 heavy (non-hydrogen) atoms. The normalized spacial score (nSPS) is 14.7. The lowest BCUT2D eigenvalue weighted by Crippen LogP contribution is -2.24. The highest BCUT2D eigenvalue weighted by atomic mass is 32.1. The third-order valence-electron chi connectivity index (χ3n) is 1.89. The molecule has 0 spiro atoms. The Bertz CT molecular complexity index is 403. The van der Waals surface area contributed by atoms with E-state index in [2.05, 4.69) is 0 Å². The molecule has 5 heteroatoms. The predicted molar refractivity (Wildman–Crippen MR) is 60.5 cm³/mol. The molecule has 0 unspecified atom stereocenters. The van der Waals surface area contributed by atoms with Gasteiger partial charge in [-0.15, -0.1) is 11.3 Å². The third kappa shape index (κ3) is 2.29. The first kappa shape index (κ1) is 11.3. The largest absolute Gasteiger partial charge is 0.485 e. The number of thiophene rings is 1. The first-order valence-electron chi connectivity index (χ1n) is 5.08. The van der Waals surface area contributed by atoms with Gasteiger partial charge in [0.1, 0.15) is 18.8 Å². The fourth-order valence-electron chi connectivity index (χ4n) is 1.33. The van der Waals surface area contributed by atoms with Crippen LogP contribution in [0.4, 0.5) is 0 Å². The van der Waals surface area contributed by atoms with Crippen molar-refractivity contribution < 1.29 is 19.0 Å². The second-order valence-corrected chi connectivity index (χ2v) is 5.34. The Morgan fingerprint density at radius 1 is 1.38 bits per heavy atom. The number of hydrogen-bond donors (Lipinski definition) is 0. The zero-order valence-corrected chi connectivity index (χ0v) is 10.3. The SMILES string of the molecule is CC(C)(C)OC(=O)c1scc2c1OCCO2. The van der Waals surface area contributed by atoms with Crippen LogP contribution in [-0.4, -0.2) is 24.8 Å². The van der Waals surface area contributed by atoms with Crippen molar-refractivity contribution in [2.24, 2.45) is 0 Å². The van der Waals surface area contributed by atoms with E-state index in [4.69, 9.17) is 14.2 Å². The molecule has 0 bridgehead atoms. The molecule has 88 valence electrons. The first-order valence-corrected chi connectivity index (χ1v) is 5.96. The van der Waals surface area contributed by atoms with E-state index < -0.39 is 5.60 Å². The number of rotatable bonds is 1. The van der Waals surface area contributed by atoms with Crippen LogP contribution in [-0.2, 0) is 4.74 Å². The van der Waals surface area contributed by atoms with Crippen LogP contribution in [0.15, 0.2) is 5.38 Å². The Labute approximate surface area is 98.1 Å². The first-order chi connectivity index (χ1) is 7.47. The van der Waals surface area contributed by atoms with E-state index in [0.717, 1.165) is 0 Å². The third-order valence-corrected chi connectivity index (χ3v) is 2.81. The van der Waals surface area contributed by atoms with Crippen LogP contribution in [0.25, 0.3) is 0 Å². The Kier molecular flexibility index (Phi) is 2.80. The van der Waals surface area contributed by atoms with Crippen LogP contribution >= 0.6 is 11.3 Å². The fourth-order valence-corrected chi connectivity index (χ4v) is 2.13. The van der Waals surface area contributed by atoms with E-state index >= 15 is 0 Å². The predicted octanol–water partition coefficient (Wildman–Crippen LogP) is 2.47. The van der Waals surface area contributed by atoms with E-state index in [1.807, 2.05) is 20.8 Å². The lowest BCUT2D eigenvalue weighted by atomic mass is 10.2. The van der Waals surface area contributed by atoms with Crippen molar-refractivity contribution in [1.82, 2.24) is 0 Å². The summed E-state index contributed by atoms with van der Waals surface area (Å²) in [7, 11) is 0. The lowest BCUT2D eigenvalue weighted by Gasteiger charge is -2.20. The molecular formula is C11H14O4S. The van der Waals surface area contributed by atoms with Crippen molar-refractivity contribution in [3.05, 3.63) is 10.3 Å². The molecule has 2 rings (SSSR count). The second kappa shape index (κ2) is 3.97. The molecule has 0 saturated heterocycles. The molecule has 1 aliphatic heterocycles. The minimum Gasteiger partial charge on any atom is -0.485 e. The van der Waals surface area contributed by atoms with E-state index in [1.165, 1.54) is 11.3 Å². The second-order valence-electron chi connectivity index (χ2n) is 4.46. The van der Waals surface area contributed by atoms with Gasteiger partial charge in [0.15, 0.2) is 16.4 Å². The molecule has 0 fully saturated rings. The van der Waals surface area contributed by atoms with Crippen molar-refractivity contribution >= 4 is 17.3 Å². The van der Waals surface area contributed by atoms with Gasteiger partial charge in [-0.05, 0) is 20.8 Å². The summed E-state index contributed by atoms with van der Waals surface area (Å²) < 4.78 is 16.1. The minimum atomic E-state index is -0.497. The van der Waals surface area contributed by atoms with Crippen molar-refractivity contribution in [3.8, 4) is 11.5 Å². The minimum absolute atomic E-state index is 0.357. The number of esters is 1. The van der Waals surface area contributed by atoms with Crippen molar-refractivity contribution in [2.45, 2.75) is 26.4 Å². The topological polar surface area (TPSA) is 44.8 Å². The highest BCUT2D eigenvalue weighted by Gasteiger charge is 2.27. The van der Waals surface area contributed by atoms with E-state index in [9.17, 15) is 4.79 Å². The zero-order valence-electron chi connectivity index (χ0n) is 9.53. The number of ether oxygens (including phenoxy) is 3. The molecule has 1 aliphatic rings. The molecule has 1 aromatic heterocycles. The molecule has 4 nitrogen and oxygen atoms in total. The molecule has 0 aliphatic carbocycles. The van der Waals surface area contributed by atoms with Gasteiger partial charge in [0.25, 0.3) is 0 Å². The summed E-state index contributed by atoms with van der Waals surface area (Å²) in [5.74, 6) is 0.798. The van der Waals surface area contributed by atoms with E-state index in [-0.39, 0.29) is 5.97 Å². The standard InChI is InChI=1S/C11H14O4S/c1-11(2,3)15-10(12)9-8-7(6-16-9)13-4-5-14-8/h6H,4-5H2,1-3H3. The summed E-state index contributed by atoms with van der Waals surface area (Å²) in [6.45, 7) is 6.50. The molecule has 0 atom stereocenters. The van der Waals surface area contributed by atoms with Gasteiger partial charge >= 0.3 is 5.97 Å². The molecule has 0 saturated carbocycles. The van der Waals surface area contributed by atoms with Gasteiger partial charge in [0, 0.05) is 5.38 Å². The van der Waals surface area contributed by atoms with Crippen LogP contribution in [0.2, 0.25) is 0 Å². The lowest BCUT2D eigenvalue weighted by molar-refractivity contribution is 0.00695. The summed E-state index contributed by atoms with van der Waals surface area (Å²) in [4.78, 5) is 12.3. The number of carbonyl (C=O) groups excluding carboxylic acids is 1. The van der Waals surface area contributed by atoms with Gasteiger partial charge < -0.3 is 14.2 Å². The maximum absolute atomic E-state index is 11.8. The van der Waals surface area contributed by atoms with Gasteiger partial charge in [0.2, 0.25) is 0 Å². The van der Waals surface area contributed by atoms with Crippen molar-refractivity contribution in [1.29, 1.82) is 0 Å². The Balaban J connectivity index is 2.21. The number of fused-ring (bicyclic) bond motifs is 1. The fraction of sp³-hybridized carbons (Fsp3) is 0.545. The van der Waals surface area contributed by atoms with Crippen LogP contribution in [0, 0.1) is 0 Å². The van der Waals surface area contributed by atoms with Gasteiger partial charge in [-0.1, -0.05) is 0 Å². The van der Waals surface area contributed by atoms with Gasteiger partial charge in [-0.3, -0.25) is 0 Å². The monoisotopic (exact) mass is 242 g/mol. The van der Waals surface area contributed by atoms with Crippen molar-refractivity contribution in [2.75, 3.05) is 13.2 Å². The van der Waals surface area contributed by atoms with Crippen LogP contribution < -0.4 is 9.47 Å². The summed E-state index contributed by atoms with van der Waals surface area (Å²) in [6, 6.07) is 0. The highest BCUT2D eigenvalue weighted by molar-refractivity contribution is 7.12. The molecule has 0 amide bonds. The van der Waals surface area contributed by atoms with Crippen LogP contribution in [0.5, 0.6) is 11.5 Å². The number of carbonyl (C=O) groups is 1. The van der Waals surface area contributed by atoms with Crippen molar-refractivity contribution in [3.63, 3.8) is 0 Å². The molecule has 0 aromatic carbocycles. The van der Waals surface area contributed by atoms with E-state index in [0.29, 0.717) is 29.6 Å². The summed E-state index contributed by atoms with van der Waals surface area (Å²) in [5, 5.41) is 1.77. The van der Waals surface area contributed by atoms with Gasteiger partial charge in [-0.2, -0.15) is 0 Å². The smallest absolute Gasteiger partial charge is 0.352 e.